The quantitative estimate of drug-likeness (QED) is 0.0172. The van der Waals surface area contributed by atoms with Crippen LogP contribution in [0.3, 0.4) is 0 Å². The number of nitrogens with one attached hydrogen (secondary N) is 6. The van der Waals surface area contributed by atoms with E-state index in [-0.39, 0.29) is 100 Å². The van der Waals surface area contributed by atoms with Gasteiger partial charge in [0.2, 0.25) is 35.1 Å². The zero-order valence-electron chi connectivity index (χ0n) is 43.0. The van der Waals surface area contributed by atoms with Gasteiger partial charge in [0, 0.05) is 54.1 Å². The number of fused-ring (bicyclic) bond motifs is 5. The summed E-state index contributed by atoms with van der Waals surface area (Å²) in [4.78, 5) is 134. The van der Waals surface area contributed by atoms with Crippen molar-refractivity contribution in [3.8, 4) is 11.4 Å². The normalized spacial score (nSPS) is 18.1. The van der Waals surface area contributed by atoms with E-state index in [1.54, 1.807) is 30.3 Å². The number of halogens is 5. The smallest absolute Gasteiger partial charge is 0.426 e. The number of carbonyl (C=O) groups excluding carboxylic acids is 9. The molecule has 0 saturated carbocycles. The molecule has 1 aliphatic carbocycles. The van der Waals surface area contributed by atoms with Gasteiger partial charge in [-0.3, -0.25) is 48.1 Å². The Kier molecular flexibility index (Phi) is 17.2. The first kappa shape index (κ1) is 58.1. The van der Waals surface area contributed by atoms with E-state index in [1.807, 2.05) is 0 Å². The molecule has 2 aromatic heterocycles. The van der Waals surface area contributed by atoms with Crippen LogP contribution < -0.4 is 37.5 Å². The van der Waals surface area contributed by atoms with E-state index < -0.39 is 127 Å². The van der Waals surface area contributed by atoms with Crippen molar-refractivity contribution in [2.75, 3.05) is 32.9 Å². The van der Waals surface area contributed by atoms with E-state index in [0.717, 1.165) is 11.0 Å². The molecule has 0 bridgehead atoms. The first-order chi connectivity index (χ1) is 37.9. The summed E-state index contributed by atoms with van der Waals surface area (Å²) in [5, 5.41) is 25.3. The van der Waals surface area contributed by atoms with Gasteiger partial charge in [-0.25, -0.2) is 14.2 Å². The average molecular weight is 1140 g/mol. The molecule has 3 aliphatic heterocycles. The summed E-state index contributed by atoms with van der Waals surface area (Å²) in [7, 11) is 0. The molecule has 4 atom stereocenters. The summed E-state index contributed by atoms with van der Waals surface area (Å²) in [6, 6.07) is 8.15. The Morgan fingerprint density at radius 1 is 0.887 bits per heavy atom. The van der Waals surface area contributed by atoms with Gasteiger partial charge in [-0.15, -0.1) is 0 Å². The number of aliphatic hydroxyl groups is 1. The molecule has 27 heteroatoms. The van der Waals surface area contributed by atoms with Crippen LogP contribution in [0.15, 0.2) is 59.4 Å². The van der Waals surface area contributed by atoms with Gasteiger partial charge in [0.25, 0.3) is 23.3 Å². The number of cyclic esters (lactones) is 1. The third-order valence-electron chi connectivity index (χ3n) is 14.4. The fourth-order valence-electron chi connectivity index (χ4n) is 9.88. The number of benzene rings is 2. The number of pyridine rings is 2. The van der Waals surface area contributed by atoms with Gasteiger partial charge in [-0.1, -0.05) is 55.3 Å². The van der Waals surface area contributed by atoms with Gasteiger partial charge in [-0.05, 0) is 61.8 Å². The lowest BCUT2D eigenvalue weighted by Crippen LogP contribution is -2.58. The fourth-order valence-corrected chi connectivity index (χ4v) is 10.1. The summed E-state index contributed by atoms with van der Waals surface area (Å²) in [6.07, 6.45) is -2.00. The molecule has 0 saturated heterocycles. The number of ether oxygens (including phenoxy) is 2. The fraction of sp³-hybridized carbons (Fsp3) is 0.415. The van der Waals surface area contributed by atoms with Gasteiger partial charge in [0.15, 0.2) is 5.60 Å². The molecule has 4 aromatic rings. The SMILES string of the molecule is CC[C@@]1(O)C(=O)OCc2c1cc1n(c2=O)Cc2c-1nc1cc(F)c(Cl)c3c1c2C(NC(=O)[C@](C)(OCNC(=O)CNC(=O)[C@H](Cc1ccccc1)NC(=O)CNC(=O)CNC(=O)CCCCCN1C(=O)C=CC1=O)C(F)(F)F)CC3. The number of aromatic nitrogens is 2. The van der Waals surface area contributed by atoms with E-state index in [2.05, 4.69) is 36.9 Å². The highest BCUT2D eigenvalue weighted by Gasteiger charge is 2.59. The monoisotopic (exact) mass is 1140 g/mol. The highest BCUT2D eigenvalue weighted by Crippen LogP contribution is 2.47. The number of unbranched alkanes of at least 4 members (excludes halogenated alkanes) is 2. The van der Waals surface area contributed by atoms with Gasteiger partial charge in [-0.2, -0.15) is 13.2 Å². The summed E-state index contributed by atoms with van der Waals surface area (Å²) >= 11 is 6.44. The minimum Gasteiger partial charge on any atom is -0.458 e. The Balaban J connectivity index is 0.870. The van der Waals surface area contributed by atoms with Gasteiger partial charge in [0.05, 0.1) is 59.7 Å². The van der Waals surface area contributed by atoms with Gasteiger partial charge < -0.3 is 51.0 Å². The third-order valence-corrected chi connectivity index (χ3v) is 14.8. The molecule has 0 fully saturated rings. The number of rotatable bonds is 22. The zero-order valence-corrected chi connectivity index (χ0v) is 43.8. The van der Waals surface area contributed by atoms with Crippen LogP contribution in [-0.4, -0.2) is 124 Å². The lowest BCUT2D eigenvalue weighted by atomic mass is 9.83. The van der Waals surface area contributed by atoms with Gasteiger partial charge >= 0.3 is 12.1 Å². The van der Waals surface area contributed by atoms with Crippen LogP contribution in [0.1, 0.15) is 91.8 Å². The number of carbonyl (C=O) groups is 9. The third kappa shape index (κ3) is 11.9. The molecule has 0 radical (unpaired) electrons. The van der Waals surface area contributed by atoms with Crippen LogP contribution in [0.4, 0.5) is 17.6 Å². The van der Waals surface area contributed by atoms with Crippen LogP contribution in [0, 0.1) is 5.82 Å². The van der Waals surface area contributed by atoms with Gasteiger partial charge in [0.1, 0.15) is 25.2 Å². The second kappa shape index (κ2) is 23.7. The molecular weight excluding hydrogens is 1080 g/mol. The largest absolute Gasteiger partial charge is 0.458 e. The van der Waals surface area contributed by atoms with Crippen molar-refractivity contribution in [1.82, 2.24) is 46.4 Å². The maximum atomic E-state index is 15.3. The first-order valence-corrected chi connectivity index (χ1v) is 25.8. The zero-order chi connectivity index (χ0) is 57.8. The molecule has 1 unspecified atom stereocenters. The molecule has 22 nitrogen and oxygen atoms in total. The maximum absolute atomic E-state index is 15.3. The topological polar surface area (TPSA) is 303 Å². The molecule has 0 spiro atoms. The lowest BCUT2D eigenvalue weighted by Gasteiger charge is -2.35. The van der Waals surface area contributed by atoms with Crippen molar-refractivity contribution < 1.29 is 75.3 Å². The molecule has 80 heavy (non-hydrogen) atoms. The molecule has 424 valence electrons. The van der Waals surface area contributed by atoms with Crippen LogP contribution in [0.25, 0.3) is 22.3 Å². The van der Waals surface area contributed by atoms with E-state index >= 15 is 17.6 Å². The Morgan fingerprint density at radius 2 is 1.56 bits per heavy atom. The number of amides is 8. The van der Waals surface area contributed by atoms with Crippen molar-refractivity contribution >= 4 is 75.7 Å². The van der Waals surface area contributed by atoms with Crippen molar-refractivity contribution in [2.45, 2.75) is 108 Å². The number of alkyl halides is 3. The summed E-state index contributed by atoms with van der Waals surface area (Å²) in [5.41, 5.74) is -5.04. The van der Waals surface area contributed by atoms with E-state index in [0.29, 0.717) is 31.7 Å². The predicted octanol–water partition coefficient (Wildman–Crippen LogP) is 1.95. The highest BCUT2D eigenvalue weighted by molar-refractivity contribution is 6.32. The van der Waals surface area contributed by atoms with Crippen LogP contribution in [0.2, 0.25) is 5.02 Å². The number of hydrogen-bond acceptors (Lipinski definition) is 14. The summed E-state index contributed by atoms with van der Waals surface area (Å²) in [5.74, 6) is -8.33. The first-order valence-electron chi connectivity index (χ1n) is 25.4. The standard InChI is InChI=1S/C53H54ClF4N9O13/c1-3-52(78)31-19-36-46-29(24-67(36)48(75)30(31)25-79-50(52)77)44-33(14-13-28-43(44)34(64-46)20-32(55)45(28)54)65-49(76)51(2,53(56,57)58)80-26-62-39(70)22-61-47(74)35(18-27-10-6-4-7-11-27)63-40(71)23-60-38(69)21-59-37(68)12-8-5-9-17-66-41(72)15-16-42(66)73/h4,6-7,10-11,15-16,19-20,33,35,78H,3,5,8-9,12-14,17-18,21-26H2,1-2H3,(H,59,68)(H,60,69)(H,61,74)(H,62,70)(H,63,71)(H,65,76)/t33?,35-,51-,52-/m0/s1. The molecule has 8 amide bonds. The lowest BCUT2D eigenvalue weighted by molar-refractivity contribution is -0.262. The summed E-state index contributed by atoms with van der Waals surface area (Å²) in [6.45, 7) is -1.67. The Bertz CT molecular complexity index is 3300. The Hall–Kier alpha value is -8.10. The molecule has 4 aliphatic rings. The van der Waals surface area contributed by atoms with E-state index in [4.69, 9.17) is 21.1 Å². The second-order valence-corrected chi connectivity index (χ2v) is 19.9. The van der Waals surface area contributed by atoms with Crippen molar-refractivity contribution in [2.24, 2.45) is 0 Å². The molecule has 2 aromatic carbocycles. The molecule has 7 N–H and O–H groups in total. The molecule has 8 rings (SSSR count). The minimum absolute atomic E-state index is 0.00526. The van der Waals surface area contributed by atoms with Crippen LogP contribution in [-0.2, 0) is 84.2 Å². The van der Waals surface area contributed by atoms with Crippen molar-refractivity contribution in [3.63, 3.8) is 0 Å². The number of hydrogen-bond donors (Lipinski definition) is 7. The highest BCUT2D eigenvalue weighted by atomic mass is 35.5. The predicted molar refractivity (Wildman–Crippen MR) is 273 cm³/mol. The Morgan fingerprint density at radius 3 is 2.26 bits per heavy atom. The summed E-state index contributed by atoms with van der Waals surface area (Å²) < 4.78 is 71.9. The number of imide groups is 1. The Labute approximate surface area is 457 Å². The van der Waals surface area contributed by atoms with Crippen molar-refractivity contribution in [1.29, 1.82) is 0 Å². The maximum Gasteiger partial charge on any atom is 0.426 e. The average Bonchev–Trinajstić information content (AvgIpc) is 3.97. The molecular formula is C53H54ClF4N9O13. The number of esters is 1. The van der Waals surface area contributed by atoms with Crippen LogP contribution in [0.5, 0.6) is 0 Å². The number of aryl methyl sites for hydroxylation is 1. The van der Waals surface area contributed by atoms with Crippen molar-refractivity contribution in [3.05, 3.63) is 109 Å². The van der Waals surface area contributed by atoms with Crippen LogP contribution >= 0.6 is 11.6 Å². The van der Waals surface area contributed by atoms with E-state index in [9.17, 15) is 53.1 Å². The number of nitrogens with zero attached hydrogens (tertiary/aromatic N) is 3. The minimum atomic E-state index is -5.42. The molecule has 5 heterocycles. The second-order valence-electron chi connectivity index (χ2n) is 19.5. The van der Waals surface area contributed by atoms with E-state index in [1.165, 1.54) is 29.7 Å².